The van der Waals surface area contributed by atoms with Gasteiger partial charge in [0.25, 0.3) is 15.9 Å². The van der Waals surface area contributed by atoms with Crippen LogP contribution in [-0.4, -0.2) is 25.2 Å². The van der Waals surface area contributed by atoms with E-state index in [2.05, 4.69) is 4.98 Å². The number of pyridine rings is 1. The molecular weight excluding hydrogens is 342 g/mol. The zero-order valence-electron chi connectivity index (χ0n) is 12.8. The van der Waals surface area contributed by atoms with Crippen LogP contribution in [0.15, 0.2) is 65.7 Å². The number of carbonyl (C=O) groups excluding carboxylic acids is 2. The number of carbonyl (C=O) groups is 2. The van der Waals surface area contributed by atoms with Crippen molar-refractivity contribution in [2.75, 3.05) is 0 Å². The summed E-state index contributed by atoms with van der Waals surface area (Å²) < 4.78 is 27.2. The molecule has 0 bridgehead atoms. The zero-order valence-corrected chi connectivity index (χ0v) is 13.7. The van der Waals surface area contributed by atoms with Crippen LogP contribution in [0, 0.1) is 0 Å². The fourth-order valence-electron chi connectivity index (χ4n) is 2.37. The molecule has 126 valence electrons. The Morgan fingerprint density at radius 2 is 1.72 bits per heavy atom. The molecule has 0 aliphatic heterocycles. The number of sulfonamides is 1. The van der Waals surface area contributed by atoms with Crippen molar-refractivity contribution >= 4 is 32.6 Å². The first-order valence-corrected chi connectivity index (χ1v) is 8.67. The van der Waals surface area contributed by atoms with E-state index in [1.165, 1.54) is 18.3 Å². The van der Waals surface area contributed by atoms with Gasteiger partial charge in [0.1, 0.15) is 5.69 Å². The van der Waals surface area contributed by atoms with Crippen molar-refractivity contribution in [2.24, 2.45) is 5.73 Å². The third-order valence-electron chi connectivity index (χ3n) is 3.54. The molecule has 0 fully saturated rings. The molecule has 8 heteroatoms. The Hall–Kier alpha value is -3.26. The lowest BCUT2D eigenvalue weighted by atomic mass is 10.1. The molecular formula is C17H13N3O4S. The van der Waals surface area contributed by atoms with Gasteiger partial charge < -0.3 is 5.73 Å². The molecule has 0 saturated carbocycles. The molecule has 0 aliphatic carbocycles. The predicted octanol–water partition coefficient (Wildman–Crippen LogP) is 1.45. The van der Waals surface area contributed by atoms with Crippen LogP contribution in [0.2, 0.25) is 0 Å². The summed E-state index contributed by atoms with van der Waals surface area (Å²) in [6.45, 7) is 0. The maximum absolute atomic E-state index is 12.6. The number of hydrogen-bond acceptors (Lipinski definition) is 5. The van der Waals surface area contributed by atoms with E-state index < -0.39 is 21.8 Å². The summed E-state index contributed by atoms with van der Waals surface area (Å²) >= 11 is 0. The lowest BCUT2D eigenvalue weighted by molar-refractivity contribution is 0.0976. The lowest BCUT2D eigenvalue weighted by Crippen LogP contribution is -2.31. The van der Waals surface area contributed by atoms with Gasteiger partial charge in [-0.1, -0.05) is 36.4 Å². The Morgan fingerprint density at radius 1 is 1.00 bits per heavy atom. The predicted molar refractivity (Wildman–Crippen MR) is 91.4 cm³/mol. The van der Waals surface area contributed by atoms with Crippen LogP contribution in [0.5, 0.6) is 0 Å². The molecule has 25 heavy (non-hydrogen) atoms. The fraction of sp³-hybridized carbons (Fsp3) is 0. The lowest BCUT2D eigenvalue weighted by Gasteiger charge is -2.09. The maximum Gasteiger partial charge on any atom is 0.283 e. The van der Waals surface area contributed by atoms with Gasteiger partial charge in [0, 0.05) is 17.1 Å². The number of nitrogens with two attached hydrogens (primary N) is 1. The van der Waals surface area contributed by atoms with E-state index in [0.717, 1.165) is 11.5 Å². The summed E-state index contributed by atoms with van der Waals surface area (Å²) in [7, 11) is -4.12. The Balaban J connectivity index is 1.97. The number of fused-ring (bicyclic) bond motifs is 1. The first-order valence-electron chi connectivity index (χ1n) is 7.19. The van der Waals surface area contributed by atoms with Crippen molar-refractivity contribution in [2.45, 2.75) is 4.90 Å². The van der Waals surface area contributed by atoms with Gasteiger partial charge in [0.15, 0.2) is 0 Å². The van der Waals surface area contributed by atoms with Crippen LogP contribution >= 0.6 is 0 Å². The number of nitrogens with one attached hydrogen (secondary N) is 1. The second-order valence-electron chi connectivity index (χ2n) is 5.21. The van der Waals surface area contributed by atoms with Gasteiger partial charge >= 0.3 is 0 Å². The molecule has 3 rings (SSSR count). The van der Waals surface area contributed by atoms with Crippen molar-refractivity contribution in [1.29, 1.82) is 0 Å². The standard InChI is InChI=1S/C17H13N3O4S/c18-16(21)12-8-9-19-14(10-12)17(22)20-25(23,24)15-7-3-5-11-4-1-2-6-13(11)15/h1-10H,(H2,18,21)(H,20,22). The monoisotopic (exact) mass is 355 g/mol. The number of primary amides is 1. The summed E-state index contributed by atoms with van der Waals surface area (Å²) in [6.07, 6.45) is 1.21. The first kappa shape index (κ1) is 16.6. The number of hydrogen-bond donors (Lipinski definition) is 2. The summed E-state index contributed by atoms with van der Waals surface area (Å²) in [5.41, 5.74) is 4.98. The van der Waals surface area contributed by atoms with Crippen LogP contribution in [0.4, 0.5) is 0 Å². The van der Waals surface area contributed by atoms with Crippen LogP contribution in [0.25, 0.3) is 10.8 Å². The molecule has 0 saturated heterocycles. The molecule has 0 aliphatic rings. The van der Waals surface area contributed by atoms with Crippen LogP contribution in [-0.2, 0) is 10.0 Å². The minimum absolute atomic E-state index is 0.0231. The van der Waals surface area contributed by atoms with E-state index in [4.69, 9.17) is 5.73 Å². The van der Waals surface area contributed by atoms with Crippen molar-refractivity contribution in [3.8, 4) is 0 Å². The Bertz CT molecular complexity index is 1090. The average molecular weight is 355 g/mol. The fourth-order valence-corrected chi connectivity index (χ4v) is 3.56. The second kappa shape index (κ2) is 6.33. The molecule has 0 atom stereocenters. The third-order valence-corrected chi connectivity index (χ3v) is 4.93. The minimum atomic E-state index is -4.12. The Labute approximate surface area is 143 Å². The SMILES string of the molecule is NC(=O)c1ccnc(C(=O)NS(=O)(=O)c2cccc3ccccc23)c1. The van der Waals surface area contributed by atoms with Gasteiger partial charge in [-0.2, -0.15) is 0 Å². The van der Waals surface area contributed by atoms with E-state index in [-0.39, 0.29) is 16.2 Å². The smallest absolute Gasteiger partial charge is 0.283 e. The molecule has 3 N–H and O–H groups in total. The summed E-state index contributed by atoms with van der Waals surface area (Å²) in [5.74, 6) is -1.69. The van der Waals surface area contributed by atoms with Gasteiger partial charge in [0.05, 0.1) is 4.90 Å². The molecule has 1 heterocycles. The quantitative estimate of drug-likeness (QED) is 0.734. The summed E-state index contributed by atoms with van der Waals surface area (Å²) in [5, 5.41) is 1.22. The van der Waals surface area contributed by atoms with Gasteiger partial charge in [-0.25, -0.2) is 13.1 Å². The normalized spacial score (nSPS) is 11.2. The molecule has 0 unspecified atom stereocenters. The number of rotatable bonds is 4. The van der Waals surface area contributed by atoms with Crippen molar-refractivity contribution in [3.05, 3.63) is 72.1 Å². The van der Waals surface area contributed by atoms with Crippen LogP contribution in [0.3, 0.4) is 0 Å². The molecule has 1 aromatic heterocycles. The van der Waals surface area contributed by atoms with Gasteiger partial charge in [-0.05, 0) is 23.6 Å². The van der Waals surface area contributed by atoms with Crippen LogP contribution in [0.1, 0.15) is 20.8 Å². The van der Waals surface area contributed by atoms with E-state index in [9.17, 15) is 18.0 Å². The van der Waals surface area contributed by atoms with Crippen molar-refractivity contribution in [1.82, 2.24) is 9.71 Å². The van der Waals surface area contributed by atoms with Gasteiger partial charge in [-0.3, -0.25) is 14.6 Å². The summed E-state index contributed by atoms with van der Waals surface area (Å²) in [6, 6.07) is 14.2. The number of aromatic nitrogens is 1. The Morgan fingerprint density at radius 3 is 2.48 bits per heavy atom. The van der Waals surface area contributed by atoms with Gasteiger partial charge in [-0.15, -0.1) is 0 Å². The highest BCUT2D eigenvalue weighted by Crippen LogP contribution is 2.22. The van der Waals surface area contributed by atoms with Gasteiger partial charge in [0.2, 0.25) is 5.91 Å². The second-order valence-corrected chi connectivity index (χ2v) is 6.86. The highest BCUT2D eigenvalue weighted by atomic mass is 32.2. The van der Waals surface area contributed by atoms with E-state index in [1.54, 1.807) is 36.4 Å². The molecule has 2 aromatic carbocycles. The molecule has 2 amide bonds. The van der Waals surface area contributed by atoms with Crippen LogP contribution < -0.4 is 10.5 Å². The molecule has 7 nitrogen and oxygen atoms in total. The largest absolute Gasteiger partial charge is 0.366 e. The Kier molecular flexibility index (Phi) is 4.20. The average Bonchev–Trinajstić information content (AvgIpc) is 2.61. The summed E-state index contributed by atoms with van der Waals surface area (Å²) in [4.78, 5) is 27.2. The maximum atomic E-state index is 12.6. The third kappa shape index (κ3) is 3.33. The highest BCUT2D eigenvalue weighted by molar-refractivity contribution is 7.90. The molecule has 3 aromatic rings. The van der Waals surface area contributed by atoms with E-state index in [1.807, 2.05) is 4.72 Å². The number of benzene rings is 2. The number of amides is 2. The number of nitrogens with zero attached hydrogens (tertiary/aromatic N) is 1. The van der Waals surface area contributed by atoms with E-state index in [0.29, 0.717) is 5.39 Å². The zero-order chi connectivity index (χ0) is 18.0. The minimum Gasteiger partial charge on any atom is -0.366 e. The highest BCUT2D eigenvalue weighted by Gasteiger charge is 2.22. The molecule has 0 spiro atoms. The van der Waals surface area contributed by atoms with E-state index >= 15 is 0 Å². The van der Waals surface area contributed by atoms with Crippen molar-refractivity contribution < 1.29 is 18.0 Å². The molecule has 0 radical (unpaired) electrons. The first-order chi connectivity index (χ1) is 11.9. The van der Waals surface area contributed by atoms with Crippen molar-refractivity contribution in [3.63, 3.8) is 0 Å². The topological polar surface area (TPSA) is 119 Å².